The minimum absolute atomic E-state index is 0.0446. The maximum absolute atomic E-state index is 2.48. The lowest BCUT2D eigenvalue weighted by Crippen LogP contribution is -2.30. The van der Waals surface area contributed by atoms with E-state index in [0.717, 1.165) is 43.5 Å². The van der Waals surface area contributed by atoms with Crippen LogP contribution in [0.2, 0.25) is 0 Å². The van der Waals surface area contributed by atoms with Gasteiger partial charge in [0, 0.05) is 17.1 Å². The molecule has 0 aliphatic heterocycles. The van der Waals surface area contributed by atoms with Crippen molar-refractivity contribution in [1.82, 2.24) is 0 Å². The number of hydrogen-bond donors (Lipinski definition) is 0. The van der Waals surface area contributed by atoms with Crippen molar-refractivity contribution in [1.29, 1.82) is 0 Å². The fourth-order valence-electron chi connectivity index (χ4n) is 11.9. The van der Waals surface area contributed by atoms with Gasteiger partial charge in [0.05, 0.1) is 5.41 Å². The molecule has 2 unspecified atom stereocenters. The summed E-state index contributed by atoms with van der Waals surface area (Å²) in [6, 6.07) is 52.9. The molecule has 1 nitrogen and oxygen atoms in total. The normalized spacial score (nSPS) is 21.2. The molecule has 0 amide bonds. The summed E-state index contributed by atoms with van der Waals surface area (Å²) in [6.07, 6.45) is 22.0. The second kappa shape index (κ2) is 13.0. The van der Waals surface area contributed by atoms with Crippen LogP contribution in [0.15, 0.2) is 193 Å². The van der Waals surface area contributed by atoms with Gasteiger partial charge in [-0.15, -0.1) is 0 Å². The first-order chi connectivity index (χ1) is 29.0. The molecule has 0 fully saturated rings. The third kappa shape index (κ3) is 4.91. The quantitative estimate of drug-likeness (QED) is 0.169. The van der Waals surface area contributed by atoms with Gasteiger partial charge in [0.15, 0.2) is 0 Å². The Labute approximate surface area is 348 Å². The molecular weight excluding hydrogens is 711 g/mol. The van der Waals surface area contributed by atoms with Gasteiger partial charge in [-0.25, -0.2) is 0 Å². The smallest absolute Gasteiger partial charge is 0.0657 e. The number of benzene rings is 6. The van der Waals surface area contributed by atoms with Gasteiger partial charge in [-0.1, -0.05) is 160 Å². The monoisotopic (exact) mass is 757 g/mol. The van der Waals surface area contributed by atoms with Crippen LogP contribution in [0.4, 0.5) is 17.1 Å². The minimum Gasteiger partial charge on any atom is -0.310 e. The van der Waals surface area contributed by atoms with E-state index in [4.69, 9.17) is 0 Å². The second-order valence-electron chi connectivity index (χ2n) is 17.8. The topological polar surface area (TPSA) is 3.24 Å². The van der Waals surface area contributed by atoms with Crippen LogP contribution in [-0.2, 0) is 10.8 Å². The molecule has 6 aromatic rings. The van der Waals surface area contributed by atoms with E-state index in [9.17, 15) is 0 Å². The summed E-state index contributed by atoms with van der Waals surface area (Å²) in [5.41, 5.74) is 24.6. The van der Waals surface area contributed by atoms with Gasteiger partial charge in [0.25, 0.3) is 0 Å². The molecule has 2 atom stereocenters. The molecule has 12 rings (SSSR count). The molecule has 0 saturated carbocycles. The first-order valence-corrected chi connectivity index (χ1v) is 21.7. The summed E-state index contributed by atoms with van der Waals surface area (Å²) < 4.78 is 0. The maximum Gasteiger partial charge on any atom is 0.0657 e. The number of rotatable bonds is 5. The Kier molecular flexibility index (Phi) is 7.64. The van der Waals surface area contributed by atoms with E-state index in [1.165, 1.54) is 78.0 Å². The van der Waals surface area contributed by atoms with Crippen molar-refractivity contribution >= 4 is 33.8 Å². The SMILES string of the molecule is CC1(C)c2cc(N(c3ccc(-c4ccccc4)cc3)c3ccc(-c4cccc5c4C4(C6=C(C=CCC6)c6ccccc64)C4=C5C=CCC4)cc3)ccc2C2=CC=CCC21. The van der Waals surface area contributed by atoms with E-state index >= 15 is 0 Å². The number of nitrogens with zero attached hydrogens (tertiary/aromatic N) is 1. The molecule has 0 heterocycles. The fourth-order valence-corrected chi connectivity index (χ4v) is 11.9. The van der Waals surface area contributed by atoms with Crippen LogP contribution in [0, 0.1) is 5.92 Å². The first-order valence-electron chi connectivity index (χ1n) is 21.7. The number of allylic oxidation sites excluding steroid dienone is 12. The zero-order valence-corrected chi connectivity index (χ0v) is 33.9. The highest BCUT2D eigenvalue weighted by atomic mass is 15.1. The highest BCUT2D eigenvalue weighted by molar-refractivity contribution is 6.01. The van der Waals surface area contributed by atoms with Gasteiger partial charge >= 0.3 is 0 Å². The Morgan fingerprint density at radius 3 is 1.86 bits per heavy atom. The third-order valence-corrected chi connectivity index (χ3v) is 14.6. The van der Waals surface area contributed by atoms with Gasteiger partial charge < -0.3 is 4.90 Å². The first kappa shape index (κ1) is 34.6. The average Bonchev–Trinajstić information content (AvgIpc) is 3.86. The molecule has 1 heteroatoms. The van der Waals surface area contributed by atoms with Gasteiger partial charge in [-0.2, -0.15) is 0 Å². The van der Waals surface area contributed by atoms with Crippen molar-refractivity contribution in [2.45, 2.75) is 56.8 Å². The molecule has 0 radical (unpaired) electrons. The molecule has 6 aliphatic carbocycles. The molecular formula is C58H47N. The minimum atomic E-state index is -0.229. The molecule has 59 heavy (non-hydrogen) atoms. The highest BCUT2D eigenvalue weighted by Crippen LogP contribution is 2.66. The van der Waals surface area contributed by atoms with Crippen molar-refractivity contribution in [3.8, 4) is 22.3 Å². The van der Waals surface area contributed by atoms with Crippen LogP contribution in [0.1, 0.15) is 79.3 Å². The largest absolute Gasteiger partial charge is 0.310 e. The molecule has 0 N–H and O–H groups in total. The molecule has 284 valence electrons. The zero-order valence-electron chi connectivity index (χ0n) is 33.9. The van der Waals surface area contributed by atoms with E-state index < -0.39 is 0 Å². The lowest BCUT2D eigenvalue weighted by atomic mass is 9.64. The Balaban J connectivity index is 1.01. The lowest BCUT2D eigenvalue weighted by molar-refractivity contribution is 0.415. The summed E-state index contributed by atoms with van der Waals surface area (Å²) >= 11 is 0. The molecule has 6 aliphatic rings. The Hall–Kier alpha value is -6.44. The lowest BCUT2D eigenvalue weighted by Gasteiger charge is -2.37. The molecule has 6 aromatic carbocycles. The Morgan fingerprint density at radius 1 is 0.508 bits per heavy atom. The molecule has 0 bridgehead atoms. The Bertz CT molecular complexity index is 2900. The standard InChI is InChI=1S/C58H47N/c1-57(2)51-23-10-6-17-45(51)49-36-35-43(37-55(49)57)59(41-31-27-39(28-32-41)38-15-4-3-5-16-38)42-33-29-40(30-34-42)44-21-14-22-50-48-20-9-13-26-54(48)58(56(44)50)52-24-11-7-18-46(52)47-19-8-12-25-53(47)58/h3-11,14-22,24,27-37,51H,12-13,23,25-26H2,1-2H3. The van der Waals surface area contributed by atoms with Gasteiger partial charge in [0.2, 0.25) is 0 Å². The van der Waals surface area contributed by atoms with Crippen molar-refractivity contribution in [2.75, 3.05) is 4.90 Å². The Morgan fingerprint density at radius 2 is 1.12 bits per heavy atom. The van der Waals surface area contributed by atoms with E-state index in [1.54, 1.807) is 11.1 Å². The van der Waals surface area contributed by atoms with E-state index in [0.29, 0.717) is 5.92 Å². The summed E-state index contributed by atoms with van der Waals surface area (Å²) in [6.45, 7) is 4.87. The van der Waals surface area contributed by atoms with Crippen LogP contribution in [0.5, 0.6) is 0 Å². The van der Waals surface area contributed by atoms with Crippen LogP contribution >= 0.6 is 0 Å². The van der Waals surface area contributed by atoms with Crippen LogP contribution in [0.25, 0.3) is 39.0 Å². The summed E-state index contributed by atoms with van der Waals surface area (Å²) in [4.78, 5) is 2.46. The van der Waals surface area contributed by atoms with Gasteiger partial charge in [0.1, 0.15) is 0 Å². The summed E-state index contributed by atoms with van der Waals surface area (Å²) in [7, 11) is 0. The second-order valence-corrected chi connectivity index (χ2v) is 17.8. The maximum atomic E-state index is 2.48. The molecule has 0 saturated heterocycles. The van der Waals surface area contributed by atoms with Crippen LogP contribution < -0.4 is 4.90 Å². The number of fused-ring (bicyclic) bond motifs is 11. The predicted molar refractivity (Wildman–Crippen MR) is 248 cm³/mol. The van der Waals surface area contributed by atoms with Crippen LogP contribution in [-0.4, -0.2) is 0 Å². The van der Waals surface area contributed by atoms with Crippen molar-refractivity contribution in [3.63, 3.8) is 0 Å². The van der Waals surface area contributed by atoms with E-state index in [2.05, 4.69) is 201 Å². The van der Waals surface area contributed by atoms with Gasteiger partial charge in [-0.3, -0.25) is 0 Å². The van der Waals surface area contributed by atoms with Crippen molar-refractivity contribution in [3.05, 3.63) is 227 Å². The average molecular weight is 758 g/mol. The summed E-state index contributed by atoms with van der Waals surface area (Å²) in [5.74, 6) is 0.505. The van der Waals surface area contributed by atoms with Crippen molar-refractivity contribution in [2.24, 2.45) is 5.92 Å². The third-order valence-electron chi connectivity index (χ3n) is 14.6. The number of anilines is 3. The zero-order chi connectivity index (χ0) is 39.3. The van der Waals surface area contributed by atoms with Gasteiger partial charge in [-0.05, 0) is 163 Å². The van der Waals surface area contributed by atoms with Crippen molar-refractivity contribution < 1.29 is 0 Å². The fraction of sp³-hybridized carbons (Fsp3) is 0.172. The predicted octanol–water partition coefficient (Wildman–Crippen LogP) is 15.3. The highest BCUT2D eigenvalue weighted by Gasteiger charge is 2.54. The summed E-state index contributed by atoms with van der Waals surface area (Å²) in [5, 5.41) is 0. The van der Waals surface area contributed by atoms with E-state index in [-0.39, 0.29) is 10.8 Å². The number of hydrogen-bond acceptors (Lipinski definition) is 1. The van der Waals surface area contributed by atoms with E-state index in [1.807, 2.05) is 0 Å². The molecule has 0 aromatic heterocycles. The van der Waals surface area contributed by atoms with Crippen LogP contribution in [0.3, 0.4) is 0 Å². The molecule has 1 spiro atoms.